The van der Waals surface area contributed by atoms with E-state index in [-0.39, 0.29) is 6.61 Å². The number of rotatable bonds is 6. The predicted molar refractivity (Wildman–Crippen MR) is 109 cm³/mol. The van der Waals surface area contributed by atoms with Crippen LogP contribution in [-0.4, -0.2) is 32.8 Å². The van der Waals surface area contributed by atoms with Crippen LogP contribution in [0.2, 0.25) is 0 Å². The van der Waals surface area contributed by atoms with Gasteiger partial charge in [-0.15, -0.1) is 0 Å². The Morgan fingerprint density at radius 3 is 2.64 bits per heavy atom. The first-order valence-electron chi connectivity index (χ1n) is 8.69. The Kier molecular flexibility index (Phi) is 5.74. The highest BCUT2D eigenvalue weighted by atomic mass is 16.5. The number of nitrogens with zero attached hydrogens (tertiary/aromatic N) is 2. The van der Waals surface area contributed by atoms with Crippen molar-refractivity contribution in [2.24, 2.45) is 5.10 Å². The molecule has 0 bridgehead atoms. The van der Waals surface area contributed by atoms with E-state index in [2.05, 4.69) is 10.5 Å². The molecule has 0 fully saturated rings. The smallest absolute Gasteiger partial charge is 0.336 e. The molecule has 0 saturated heterocycles. The normalized spacial score (nSPS) is 11.0. The molecule has 7 heteroatoms. The molecular weight excluding hydrogens is 358 g/mol. The average Bonchev–Trinajstić information content (AvgIpc) is 2.66. The lowest BCUT2D eigenvalue weighted by Crippen LogP contribution is -2.24. The monoisotopic (exact) mass is 379 g/mol. The van der Waals surface area contributed by atoms with Crippen LogP contribution in [0.15, 0.2) is 62.8 Å². The number of amides is 1. The van der Waals surface area contributed by atoms with Gasteiger partial charge in [-0.3, -0.25) is 4.79 Å². The molecule has 1 N–H and O–H groups in total. The summed E-state index contributed by atoms with van der Waals surface area (Å²) in [6, 6.07) is 14.3. The molecule has 0 aliphatic rings. The van der Waals surface area contributed by atoms with E-state index in [4.69, 9.17) is 9.15 Å². The number of benzene rings is 2. The first-order valence-corrected chi connectivity index (χ1v) is 8.69. The summed E-state index contributed by atoms with van der Waals surface area (Å²) in [6.07, 6.45) is 1.56. The fourth-order valence-corrected chi connectivity index (χ4v) is 2.61. The number of hydrazone groups is 1. The maximum atomic E-state index is 11.9. The molecule has 28 heavy (non-hydrogen) atoms. The Morgan fingerprint density at radius 2 is 1.93 bits per heavy atom. The van der Waals surface area contributed by atoms with Gasteiger partial charge in [0.25, 0.3) is 5.91 Å². The van der Waals surface area contributed by atoms with Gasteiger partial charge in [0.1, 0.15) is 11.3 Å². The average molecular weight is 379 g/mol. The largest absolute Gasteiger partial charge is 0.484 e. The summed E-state index contributed by atoms with van der Waals surface area (Å²) < 4.78 is 10.6. The highest BCUT2D eigenvalue weighted by Crippen LogP contribution is 2.22. The van der Waals surface area contributed by atoms with Gasteiger partial charge in [0.2, 0.25) is 0 Å². The molecule has 1 amide bonds. The van der Waals surface area contributed by atoms with Gasteiger partial charge >= 0.3 is 5.63 Å². The number of anilines is 1. The van der Waals surface area contributed by atoms with Crippen LogP contribution in [0.25, 0.3) is 11.0 Å². The molecule has 3 rings (SSSR count). The van der Waals surface area contributed by atoms with Crippen LogP contribution in [0.4, 0.5) is 5.69 Å². The molecular formula is C21H21N3O4. The summed E-state index contributed by atoms with van der Waals surface area (Å²) in [4.78, 5) is 25.4. The number of carbonyl (C=O) groups excluding carboxylic acids is 1. The standard InChI is InChI=1S/C21H21N3O4/c1-14-10-21(26)28-19-11-17(8-9-18(14)19)27-13-20(25)23-22-12-15-4-6-16(7-5-15)24(2)3/h4-12H,13H2,1-3H3,(H,23,25). The minimum atomic E-state index is -0.423. The lowest BCUT2D eigenvalue weighted by Gasteiger charge is -2.11. The number of nitrogens with one attached hydrogen (secondary N) is 1. The summed E-state index contributed by atoms with van der Waals surface area (Å²) in [6.45, 7) is 1.62. The highest BCUT2D eigenvalue weighted by molar-refractivity contribution is 5.84. The number of hydrogen-bond acceptors (Lipinski definition) is 6. The third kappa shape index (κ3) is 4.76. The van der Waals surface area contributed by atoms with E-state index in [1.807, 2.05) is 50.2 Å². The first-order chi connectivity index (χ1) is 13.4. The van der Waals surface area contributed by atoms with Gasteiger partial charge in [0, 0.05) is 37.3 Å². The van der Waals surface area contributed by atoms with E-state index in [0.29, 0.717) is 11.3 Å². The first kappa shape index (κ1) is 19.2. The maximum absolute atomic E-state index is 11.9. The minimum Gasteiger partial charge on any atom is -0.484 e. The van der Waals surface area contributed by atoms with Crippen molar-refractivity contribution >= 4 is 28.8 Å². The van der Waals surface area contributed by atoms with Crippen molar-refractivity contribution < 1.29 is 13.9 Å². The van der Waals surface area contributed by atoms with Crippen molar-refractivity contribution in [3.63, 3.8) is 0 Å². The van der Waals surface area contributed by atoms with Crippen molar-refractivity contribution in [1.82, 2.24) is 5.43 Å². The van der Waals surface area contributed by atoms with Gasteiger partial charge in [-0.05, 0) is 42.3 Å². The lowest BCUT2D eigenvalue weighted by atomic mass is 10.1. The second kappa shape index (κ2) is 8.39. The quantitative estimate of drug-likeness (QED) is 0.404. The Bertz CT molecular complexity index is 1070. The summed E-state index contributed by atoms with van der Waals surface area (Å²) in [7, 11) is 3.93. The zero-order valence-electron chi connectivity index (χ0n) is 15.9. The van der Waals surface area contributed by atoms with E-state index in [1.165, 1.54) is 6.07 Å². The van der Waals surface area contributed by atoms with Crippen molar-refractivity contribution in [3.8, 4) is 5.75 Å². The van der Waals surface area contributed by atoms with E-state index in [0.717, 1.165) is 22.2 Å². The SMILES string of the molecule is Cc1cc(=O)oc2cc(OCC(=O)NN=Cc3ccc(N(C)C)cc3)ccc12. The summed E-state index contributed by atoms with van der Waals surface area (Å²) in [5.41, 5.74) is 5.18. The van der Waals surface area contributed by atoms with Crippen molar-refractivity contribution in [3.05, 3.63) is 70.1 Å². The molecule has 7 nitrogen and oxygen atoms in total. The Morgan fingerprint density at radius 1 is 1.18 bits per heavy atom. The molecule has 0 atom stereocenters. The fourth-order valence-electron chi connectivity index (χ4n) is 2.61. The number of hydrogen-bond donors (Lipinski definition) is 1. The van der Waals surface area contributed by atoms with Crippen molar-refractivity contribution in [2.45, 2.75) is 6.92 Å². The van der Waals surface area contributed by atoms with Gasteiger partial charge in [-0.1, -0.05) is 12.1 Å². The van der Waals surface area contributed by atoms with E-state index in [9.17, 15) is 9.59 Å². The number of ether oxygens (including phenoxy) is 1. The Labute approximate surface area is 162 Å². The third-order valence-electron chi connectivity index (χ3n) is 4.11. The number of aryl methyl sites for hydroxylation is 1. The molecule has 0 unspecified atom stereocenters. The second-order valence-corrected chi connectivity index (χ2v) is 6.47. The van der Waals surface area contributed by atoms with Crippen LogP contribution in [0, 0.1) is 6.92 Å². The molecule has 144 valence electrons. The van der Waals surface area contributed by atoms with Gasteiger partial charge in [0.05, 0.1) is 6.21 Å². The highest BCUT2D eigenvalue weighted by Gasteiger charge is 2.06. The van der Waals surface area contributed by atoms with Gasteiger partial charge in [-0.25, -0.2) is 10.2 Å². The topological polar surface area (TPSA) is 84.1 Å². The van der Waals surface area contributed by atoms with Crippen molar-refractivity contribution in [2.75, 3.05) is 25.6 Å². The molecule has 0 aliphatic heterocycles. The van der Waals surface area contributed by atoms with Crippen LogP contribution < -0.4 is 20.7 Å². The zero-order chi connectivity index (χ0) is 20.1. The number of fused-ring (bicyclic) bond motifs is 1. The van der Waals surface area contributed by atoms with Gasteiger partial charge in [-0.2, -0.15) is 5.10 Å². The maximum Gasteiger partial charge on any atom is 0.336 e. The Balaban J connectivity index is 1.55. The molecule has 3 aromatic rings. The van der Waals surface area contributed by atoms with E-state index in [1.54, 1.807) is 24.4 Å². The van der Waals surface area contributed by atoms with E-state index < -0.39 is 11.5 Å². The summed E-state index contributed by atoms with van der Waals surface area (Å²) in [5.74, 6) is 0.0339. The second-order valence-electron chi connectivity index (χ2n) is 6.47. The lowest BCUT2D eigenvalue weighted by molar-refractivity contribution is -0.123. The summed E-state index contributed by atoms with van der Waals surface area (Å²) >= 11 is 0. The van der Waals surface area contributed by atoms with Crippen LogP contribution in [0.1, 0.15) is 11.1 Å². The van der Waals surface area contributed by atoms with Crippen LogP contribution in [0.5, 0.6) is 5.75 Å². The minimum absolute atomic E-state index is 0.210. The molecule has 0 radical (unpaired) electrons. The molecule has 1 aromatic heterocycles. The van der Waals surface area contributed by atoms with Crippen LogP contribution in [-0.2, 0) is 4.79 Å². The molecule has 1 heterocycles. The third-order valence-corrected chi connectivity index (χ3v) is 4.11. The number of carbonyl (C=O) groups is 1. The van der Waals surface area contributed by atoms with Gasteiger partial charge < -0.3 is 14.1 Å². The predicted octanol–water partition coefficient (Wildman–Crippen LogP) is 2.70. The molecule has 0 aliphatic carbocycles. The molecule has 2 aromatic carbocycles. The van der Waals surface area contributed by atoms with Crippen LogP contribution in [0.3, 0.4) is 0 Å². The zero-order valence-corrected chi connectivity index (χ0v) is 15.9. The summed E-state index contributed by atoms with van der Waals surface area (Å²) in [5, 5.41) is 4.74. The van der Waals surface area contributed by atoms with Crippen LogP contribution >= 0.6 is 0 Å². The Hall–Kier alpha value is -3.61. The van der Waals surface area contributed by atoms with Crippen molar-refractivity contribution in [1.29, 1.82) is 0 Å². The fraction of sp³-hybridized carbons (Fsp3) is 0.190. The van der Waals surface area contributed by atoms with Gasteiger partial charge in [0.15, 0.2) is 6.61 Å². The molecule has 0 saturated carbocycles. The van der Waals surface area contributed by atoms with E-state index >= 15 is 0 Å². The molecule has 0 spiro atoms.